The molecule has 0 bridgehead atoms. The van der Waals surface area contributed by atoms with Crippen molar-refractivity contribution in [2.75, 3.05) is 20.3 Å². The van der Waals surface area contributed by atoms with Crippen LogP contribution in [0.3, 0.4) is 0 Å². The smallest absolute Gasteiger partial charge is 0.164 e. The normalized spacial score (nSPS) is 27.6. The van der Waals surface area contributed by atoms with Crippen LogP contribution in [0.5, 0.6) is 0 Å². The van der Waals surface area contributed by atoms with Gasteiger partial charge in [-0.2, -0.15) is 0 Å². The fraction of sp³-hybridized carbons (Fsp3) is 0.692. The van der Waals surface area contributed by atoms with Gasteiger partial charge in [0.1, 0.15) is 24.4 Å². The van der Waals surface area contributed by atoms with Crippen molar-refractivity contribution in [3.63, 3.8) is 0 Å². The molecule has 186 valence electrons. The zero-order chi connectivity index (χ0) is 23.9. The maximum absolute atomic E-state index is 10.3. The van der Waals surface area contributed by atoms with E-state index in [1.54, 1.807) is 27.0 Å². The Kier molecular flexibility index (Phi) is 9.47. The highest BCUT2D eigenvalue weighted by Crippen LogP contribution is 2.35. The molecule has 2 fully saturated rings. The van der Waals surface area contributed by atoms with Crippen molar-refractivity contribution < 1.29 is 33.5 Å². The van der Waals surface area contributed by atoms with Gasteiger partial charge in [-0.25, -0.2) is 0 Å². The summed E-state index contributed by atoms with van der Waals surface area (Å²) in [5.74, 6) is -0.816. The summed E-state index contributed by atoms with van der Waals surface area (Å²) >= 11 is 0. The molecule has 7 nitrogen and oxygen atoms in total. The first-order valence-electron chi connectivity index (χ1n) is 11.9. The van der Waals surface area contributed by atoms with E-state index in [1.807, 2.05) is 50.3 Å². The molecule has 7 heteroatoms. The van der Waals surface area contributed by atoms with E-state index in [1.165, 1.54) is 0 Å². The first-order valence-corrected chi connectivity index (χ1v) is 11.9. The minimum atomic E-state index is -0.987. The molecule has 0 amide bonds. The first-order chi connectivity index (χ1) is 15.7. The van der Waals surface area contributed by atoms with Gasteiger partial charge in [0.15, 0.2) is 12.1 Å². The minimum absolute atomic E-state index is 0.321. The second kappa shape index (κ2) is 11.9. The average Bonchev–Trinajstić information content (AvgIpc) is 3.10. The van der Waals surface area contributed by atoms with Crippen LogP contribution in [0.4, 0.5) is 0 Å². The SMILES string of the molecule is CO[C@@H](COCc1ccccc1)[C@H]1OC(C)(C)O[C@@H]1[C@@H](/C=C/C(C)(C)O)OC1CCCCO1. The molecule has 0 saturated carbocycles. The lowest BCUT2D eigenvalue weighted by atomic mass is 10.00. The molecule has 2 heterocycles. The number of methoxy groups -OCH3 is 1. The molecule has 1 aromatic carbocycles. The summed E-state index contributed by atoms with van der Waals surface area (Å²) in [6.45, 7) is 8.71. The van der Waals surface area contributed by atoms with Crippen LogP contribution in [0, 0.1) is 0 Å². The topological polar surface area (TPSA) is 75.6 Å². The highest BCUT2D eigenvalue weighted by molar-refractivity contribution is 5.13. The maximum atomic E-state index is 10.3. The number of aliphatic hydroxyl groups is 1. The van der Waals surface area contributed by atoms with Gasteiger partial charge >= 0.3 is 0 Å². The first kappa shape index (κ1) is 26.3. The average molecular weight is 465 g/mol. The summed E-state index contributed by atoms with van der Waals surface area (Å²) in [7, 11) is 1.65. The zero-order valence-electron chi connectivity index (χ0n) is 20.6. The van der Waals surface area contributed by atoms with Gasteiger partial charge in [-0.3, -0.25) is 0 Å². The molecule has 2 saturated heterocycles. The van der Waals surface area contributed by atoms with Gasteiger partial charge in [0.05, 0.1) is 18.8 Å². The molecule has 2 aliphatic heterocycles. The Bertz CT molecular complexity index is 722. The molecule has 0 aromatic heterocycles. The standard InChI is InChI=1S/C26H40O7/c1-25(2,27)15-14-20(31-22-13-9-10-16-30-22)23-24(33-26(3,4)32-23)21(28-5)18-29-17-19-11-7-6-8-12-19/h6-8,11-12,14-15,20-24,27H,9-10,13,16-18H2,1-5H3/b15-14+/t20-,21+,22?,23-,24-/m1/s1. The predicted molar refractivity (Wildman–Crippen MR) is 125 cm³/mol. The Balaban J connectivity index is 1.74. The van der Waals surface area contributed by atoms with Gasteiger partial charge in [0.2, 0.25) is 0 Å². The van der Waals surface area contributed by atoms with E-state index >= 15 is 0 Å². The predicted octanol–water partition coefficient (Wildman–Crippen LogP) is 3.98. The molecule has 5 atom stereocenters. The third kappa shape index (κ3) is 8.44. The van der Waals surface area contributed by atoms with Crippen molar-refractivity contribution in [1.82, 2.24) is 0 Å². The van der Waals surface area contributed by atoms with Crippen molar-refractivity contribution in [2.45, 2.75) is 95.7 Å². The highest BCUT2D eigenvalue weighted by Gasteiger charge is 2.49. The summed E-state index contributed by atoms with van der Waals surface area (Å²) < 4.78 is 36.5. The van der Waals surface area contributed by atoms with Crippen LogP contribution >= 0.6 is 0 Å². The van der Waals surface area contributed by atoms with Crippen molar-refractivity contribution in [3.8, 4) is 0 Å². The second-order valence-corrected chi connectivity index (χ2v) is 9.75. The molecule has 33 heavy (non-hydrogen) atoms. The molecule has 1 unspecified atom stereocenters. The number of hydrogen-bond acceptors (Lipinski definition) is 7. The van der Waals surface area contributed by atoms with E-state index in [0.717, 1.165) is 24.8 Å². The molecule has 1 aromatic rings. The van der Waals surface area contributed by atoms with E-state index < -0.39 is 29.7 Å². The van der Waals surface area contributed by atoms with Crippen LogP contribution in [0.15, 0.2) is 42.5 Å². The molecular formula is C26H40O7. The summed E-state index contributed by atoms with van der Waals surface area (Å²) in [4.78, 5) is 0. The van der Waals surface area contributed by atoms with Crippen LogP contribution in [-0.2, 0) is 35.0 Å². The number of ether oxygens (including phenoxy) is 6. The lowest BCUT2D eigenvalue weighted by molar-refractivity contribution is -0.208. The van der Waals surface area contributed by atoms with Gasteiger partial charge in [-0.15, -0.1) is 0 Å². The quantitative estimate of drug-likeness (QED) is 0.497. The van der Waals surface area contributed by atoms with Crippen LogP contribution in [0.2, 0.25) is 0 Å². The van der Waals surface area contributed by atoms with Gasteiger partial charge in [-0.1, -0.05) is 42.5 Å². The molecule has 1 N–H and O–H groups in total. The van der Waals surface area contributed by atoms with Crippen LogP contribution in [-0.4, -0.2) is 67.5 Å². The molecule has 0 aliphatic carbocycles. The van der Waals surface area contributed by atoms with Crippen LogP contribution < -0.4 is 0 Å². The van der Waals surface area contributed by atoms with E-state index in [9.17, 15) is 5.11 Å². The van der Waals surface area contributed by atoms with E-state index in [2.05, 4.69) is 0 Å². The Morgan fingerprint density at radius 1 is 1.15 bits per heavy atom. The van der Waals surface area contributed by atoms with E-state index in [0.29, 0.717) is 19.8 Å². The Morgan fingerprint density at radius 3 is 2.52 bits per heavy atom. The highest BCUT2D eigenvalue weighted by atomic mass is 16.8. The van der Waals surface area contributed by atoms with E-state index in [-0.39, 0.29) is 12.4 Å². The fourth-order valence-electron chi connectivity index (χ4n) is 4.08. The van der Waals surface area contributed by atoms with Gasteiger partial charge in [0, 0.05) is 13.7 Å². The van der Waals surface area contributed by atoms with Crippen LogP contribution in [0.25, 0.3) is 0 Å². The molecule has 2 aliphatic rings. The third-order valence-corrected chi connectivity index (χ3v) is 5.69. The van der Waals surface area contributed by atoms with Crippen molar-refractivity contribution >= 4 is 0 Å². The van der Waals surface area contributed by atoms with Gasteiger partial charge in [-0.05, 0) is 52.5 Å². The second-order valence-electron chi connectivity index (χ2n) is 9.75. The molecular weight excluding hydrogens is 424 g/mol. The monoisotopic (exact) mass is 464 g/mol. The Hall–Kier alpha value is -1.32. The van der Waals surface area contributed by atoms with E-state index in [4.69, 9.17) is 28.4 Å². The minimum Gasteiger partial charge on any atom is -0.386 e. The van der Waals surface area contributed by atoms with Gasteiger partial charge < -0.3 is 33.5 Å². The summed E-state index contributed by atoms with van der Waals surface area (Å²) in [5, 5.41) is 10.3. The molecule has 0 radical (unpaired) electrons. The number of rotatable bonds is 11. The van der Waals surface area contributed by atoms with Crippen molar-refractivity contribution in [1.29, 1.82) is 0 Å². The molecule has 0 spiro atoms. The number of benzene rings is 1. The third-order valence-electron chi connectivity index (χ3n) is 5.69. The molecule has 3 rings (SSSR count). The van der Waals surface area contributed by atoms with Crippen LogP contribution in [0.1, 0.15) is 52.5 Å². The summed E-state index contributed by atoms with van der Waals surface area (Å²) in [6.07, 6.45) is 4.41. The lowest BCUT2D eigenvalue weighted by Gasteiger charge is -2.33. The Morgan fingerprint density at radius 2 is 1.88 bits per heavy atom. The number of hydrogen-bond donors (Lipinski definition) is 1. The summed E-state index contributed by atoms with van der Waals surface area (Å²) in [5.41, 5.74) is 0.107. The fourth-order valence-corrected chi connectivity index (χ4v) is 4.08. The summed E-state index contributed by atoms with van der Waals surface area (Å²) in [6, 6.07) is 10.0. The van der Waals surface area contributed by atoms with Crippen molar-refractivity contribution in [3.05, 3.63) is 48.0 Å². The van der Waals surface area contributed by atoms with Crippen molar-refractivity contribution in [2.24, 2.45) is 0 Å². The largest absolute Gasteiger partial charge is 0.386 e. The zero-order valence-corrected chi connectivity index (χ0v) is 20.6. The maximum Gasteiger partial charge on any atom is 0.164 e. The lowest BCUT2D eigenvalue weighted by Crippen LogP contribution is -2.47. The van der Waals surface area contributed by atoms with Gasteiger partial charge in [0.25, 0.3) is 0 Å². The Labute approximate surface area is 198 Å².